The number of halogens is 2. The molecule has 0 unspecified atom stereocenters. The van der Waals surface area contributed by atoms with Crippen LogP contribution in [0.1, 0.15) is 43.7 Å². The lowest BCUT2D eigenvalue weighted by Crippen LogP contribution is -2.33. The maximum absolute atomic E-state index is 13.7. The normalized spacial score (nSPS) is 27.6. The van der Waals surface area contributed by atoms with E-state index < -0.39 is 36.0 Å². The Hall–Kier alpha value is -2.45. The lowest BCUT2D eigenvalue weighted by atomic mass is 10.1. The Kier molecular flexibility index (Phi) is 7.35. The first kappa shape index (κ1) is 25.2. The number of thioether (sulfide) groups is 1. The van der Waals surface area contributed by atoms with E-state index in [2.05, 4.69) is 32.5 Å². The molecule has 194 valence electrons. The Morgan fingerprint density at radius 3 is 2.75 bits per heavy atom. The topological polar surface area (TPSA) is 138 Å². The van der Waals surface area contributed by atoms with Gasteiger partial charge in [-0.1, -0.05) is 30.0 Å². The van der Waals surface area contributed by atoms with Crippen LogP contribution in [-0.4, -0.2) is 83.6 Å². The Morgan fingerprint density at radius 2 is 2.00 bits per heavy atom. The summed E-state index contributed by atoms with van der Waals surface area (Å²) < 4.78 is 34.0. The molecule has 2 aliphatic carbocycles. The van der Waals surface area contributed by atoms with E-state index in [-0.39, 0.29) is 31.6 Å². The van der Waals surface area contributed by atoms with Crippen LogP contribution < -0.4 is 5.32 Å². The lowest BCUT2D eigenvalue weighted by Gasteiger charge is -2.17. The molecule has 0 aliphatic heterocycles. The van der Waals surface area contributed by atoms with E-state index in [1.165, 1.54) is 22.5 Å². The molecule has 5 rings (SSSR count). The van der Waals surface area contributed by atoms with Gasteiger partial charge in [0, 0.05) is 24.1 Å². The zero-order valence-corrected chi connectivity index (χ0v) is 20.4. The van der Waals surface area contributed by atoms with E-state index >= 15 is 0 Å². The summed E-state index contributed by atoms with van der Waals surface area (Å²) in [5, 5.41) is 42.5. The van der Waals surface area contributed by atoms with Crippen molar-refractivity contribution in [2.75, 3.05) is 24.3 Å². The highest BCUT2D eigenvalue weighted by Gasteiger charge is 2.45. The molecule has 0 bridgehead atoms. The summed E-state index contributed by atoms with van der Waals surface area (Å²) in [5.74, 6) is -0.472. The number of ether oxygens (including phenoxy) is 1. The van der Waals surface area contributed by atoms with E-state index in [0.29, 0.717) is 27.7 Å². The third-order valence-electron chi connectivity index (χ3n) is 6.56. The highest BCUT2D eigenvalue weighted by molar-refractivity contribution is 7.99. The molecule has 2 aromatic heterocycles. The summed E-state index contributed by atoms with van der Waals surface area (Å²) in [6, 6.07) is 3.26. The Labute approximate surface area is 210 Å². The molecule has 0 saturated heterocycles. The summed E-state index contributed by atoms with van der Waals surface area (Å²) in [5.41, 5.74) is 1.53. The third kappa shape index (κ3) is 4.90. The van der Waals surface area contributed by atoms with E-state index in [1.54, 1.807) is 6.07 Å². The molecular weight excluding hydrogens is 494 g/mol. The van der Waals surface area contributed by atoms with E-state index in [4.69, 9.17) is 9.84 Å². The number of nitrogens with zero attached hydrogens (tertiary/aromatic N) is 5. The van der Waals surface area contributed by atoms with Gasteiger partial charge in [0.05, 0.1) is 25.4 Å². The molecule has 1 aromatic carbocycles. The number of anilines is 1. The van der Waals surface area contributed by atoms with Crippen molar-refractivity contribution in [1.29, 1.82) is 0 Å². The van der Waals surface area contributed by atoms with Crippen LogP contribution in [0.25, 0.3) is 11.2 Å². The van der Waals surface area contributed by atoms with Gasteiger partial charge < -0.3 is 25.4 Å². The van der Waals surface area contributed by atoms with Crippen molar-refractivity contribution in [3.05, 3.63) is 35.4 Å². The minimum absolute atomic E-state index is 0.00291. The molecule has 2 fully saturated rings. The van der Waals surface area contributed by atoms with Crippen LogP contribution in [0.3, 0.4) is 0 Å². The van der Waals surface area contributed by atoms with Crippen molar-refractivity contribution in [2.45, 2.75) is 67.7 Å². The maximum Gasteiger partial charge on any atom is 0.191 e. The highest BCUT2D eigenvalue weighted by atomic mass is 32.2. The van der Waals surface area contributed by atoms with Crippen LogP contribution >= 0.6 is 11.8 Å². The number of aliphatic hydroxyl groups excluding tert-OH is 3. The standard InChI is InChI=1S/C23H28F2N6O4S/c1-2-7-36-23-27-21(26-15-9-12(15)11-3-4-13(24)14(25)8-11)18-22(28-23)31(30-29-18)16-10-17(35-6-5-32)20(34)19(16)33/h3-4,8,12,15-17,19-20,32-34H,2,5-7,9-10H2,1H3,(H,26,27,28)/t12-,15+,16+,17+,19-,20+/m0/s1. The van der Waals surface area contributed by atoms with Crippen LogP contribution in [0.2, 0.25) is 0 Å². The monoisotopic (exact) mass is 522 g/mol. The average Bonchev–Trinajstić information content (AvgIpc) is 3.41. The minimum Gasteiger partial charge on any atom is -0.394 e. The maximum atomic E-state index is 13.7. The zero-order valence-electron chi connectivity index (χ0n) is 19.6. The second-order valence-electron chi connectivity index (χ2n) is 9.09. The summed E-state index contributed by atoms with van der Waals surface area (Å²) in [6.07, 6.45) is -1.04. The molecule has 2 saturated carbocycles. The Bertz CT molecular complexity index is 1230. The smallest absolute Gasteiger partial charge is 0.191 e. The van der Waals surface area contributed by atoms with E-state index in [0.717, 1.165) is 24.7 Å². The van der Waals surface area contributed by atoms with Crippen molar-refractivity contribution in [3.63, 3.8) is 0 Å². The van der Waals surface area contributed by atoms with Gasteiger partial charge in [0.2, 0.25) is 0 Å². The quantitative estimate of drug-likeness (QED) is 0.231. The van der Waals surface area contributed by atoms with Crippen LogP contribution in [0.5, 0.6) is 0 Å². The molecular formula is C23H28F2N6O4S. The molecule has 6 atom stereocenters. The fraction of sp³-hybridized carbons (Fsp3) is 0.565. The number of hydrogen-bond donors (Lipinski definition) is 4. The second kappa shape index (κ2) is 10.5. The predicted molar refractivity (Wildman–Crippen MR) is 128 cm³/mol. The van der Waals surface area contributed by atoms with Gasteiger partial charge in [0.15, 0.2) is 33.8 Å². The van der Waals surface area contributed by atoms with Gasteiger partial charge >= 0.3 is 0 Å². The van der Waals surface area contributed by atoms with Gasteiger partial charge in [-0.3, -0.25) is 0 Å². The number of nitrogens with one attached hydrogen (secondary N) is 1. The van der Waals surface area contributed by atoms with E-state index in [1.807, 2.05) is 0 Å². The van der Waals surface area contributed by atoms with E-state index in [9.17, 15) is 19.0 Å². The lowest BCUT2D eigenvalue weighted by molar-refractivity contribution is -0.0629. The highest BCUT2D eigenvalue weighted by Crippen LogP contribution is 2.44. The first-order valence-electron chi connectivity index (χ1n) is 12.0. The van der Waals surface area contributed by atoms with Crippen molar-refractivity contribution in [3.8, 4) is 0 Å². The Balaban J connectivity index is 1.43. The summed E-state index contributed by atoms with van der Waals surface area (Å²) in [6.45, 7) is 1.91. The van der Waals surface area contributed by atoms with Crippen molar-refractivity contribution in [1.82, 2.24) is 25.0 Å². The van der Waals surface area contributed by atoms with Crippen LogP contribution in [0.15, 0.2) is 23.4 Å². The summed E-state index contributed by atoms with van der Waals surface area (Å²) >= 11 is 1.48. The Morgan fingerprint density at radius 1 is 1.17 bits per heavy atom. The minimum atomic E-state index is -1.15. The molecule has 10 nitrogen and oxygen atoms in total. The molecule has 13 heteroatoms. The number of fused-ring (bicyclic) bond motifs is 1. The van der Waals surface area contributed by atoms with Gasteiger partial charge in [-0.25, -0.2) is 23.4 Å². The molecule has 2 aliphatic rings. The van der Waals surface area contributed by atoms with Gasteiger partial charge in [-0.15, -0.1) is 5.10 Å². The second-order valence-corrected chi connectivity index (χ2v) is 10.2. The number of hydrogen-bond acceptors (Lipinski definition) is 10. The molecule has 0 amide bonds. The summed E-state index contributed by atoms with van der Waals surface area (Å²) in [4.78, 5) is 9.27. The number of aromatic nitrogens is 5. The molecule has 3 aromatic rings. The zero-order chi connectivity index (χ0) is 25.4. The molecule has 0 radical (unpaired) electrons. The van der Waals surface area contributed by atoms with Crippen LogP contribution in [0, 0.1) is 11.6 Å². The number of benzene rings is 1. The molecule has 0 spiro atoms. The SMILES string of the molecule is CCCSc1nc(N[C@@H]2C[C@H]2c2ccc(F)c(F)c2)c2nnn([C@@H]3C[C@@H](OCCO)[C@@H](O)[C@H]3O)c2n1. The average molecular weight is 523 g/mol. The van der Waals surface area contributed by atoms with Gasteiger partial charge in [0.25, 0.3) is 0 Å². The van der Waals surface area contributed by atoms with Crippen LogP contribution in [0.4, 0.5) is 14.6 Å². The van der Waals surface area contributed by atoms with Crippen molar-refractivity contribution >= 4 is 28.7 Å². The summed E-state index contributed by atoms with van der Waals surface area (Å²) in [7, 11) is 0. The van der Waals surface area contributed by atoms with Crippen molar-refractivity contribution in [2.24, 2.45) is 0 Å². The first-order chi connectivity index (χ1) is 17.4. The first-order valence-corrected chi connectivity index (χ1v) is 13.0. The van der Waals surface area contributed by atoms with Gasteiger partial charge in [0.1, 0.15) is 12.2 Å². The molecule has 4 N–H and O–H groups in total. The third-order valence-corrected chi connectivity index (χ3v) is 7.61. The van der Waals surface area contributed by atoms with Crippen LogP contribution in [-0.2, 0) is 4.74 Å². The predicted octanol–water partition coefficient (Wildman–Crippen LogP) is 2.01. The van der Waals surface area contributed by atoms with Gasteiger partial charge in [-0.2, -0.15) is 0 Å². The largest absolute Gasteiger partial charge is 0.394 e. The number of aliphatic hydroxyl groups is 3. The molecule has 2 heterocycles. The van der Waals surface area contributed by atoms with Gasteiger partial charge in [-0.05, 0) is 30.5 Å². The fourth-order valence-electron chi connectivity index (χ4n) is 4.61. The molecule has 36 heavy (non-hydrogen) atoms. The number of rotatable bonds is 10. The fourth-order valence-corrected chi connectivity index (χ4v) is 5.31. The van der Waals surface area contributed by atoms with Crippen molar-refractivity contribution < 1.29 is 28.8 Å².